The molecule has 0 bridgehead atoms. The number of ether oxygens (including phenoxy) is 1. The maximum absolute atomic E-state index is 12.4. The molecule has 1 atom stereocenters. The molecule has 7 nitrogen and oxygen atoms in total. The van der Waals surface area contributed by atoms with Crippen LogP contribution in [0.3, 0.4) is 0 Å². The number of morpholine rings is 1. The number of carbonyl (C=O) groups is 1. The van der Waals surface area contributed by atoms with Crippen LogP contribution in [0.2, 0.25) is 0 Å². The first-order valence-electron chi connectivity index (χ1n) is 7.17. The lowest BCUT2D eigenvalue weighted by molar-refractivity contribution is -0.0332. The topological polar surface area (TPSA) is 74.3 Å². The second-order valence-corrected chi connectivity index (χ2v) is 5.74. The minimum absolute atomic E-state index is 0.0776. The Balaban J connectivity index is 1.64. The molecule has 0 aromatic carbocycles. The summed E-state index contributed by atoms with van der Waals surface area (Å²) in [6.07, 6.45) is 3.88. The van der Waals surface area contributed by atoms with E-state index in [1.807, 2.05) is 4.90 Å². The molecule has 1 saturated carbocycles. The number of hydrogen-bond acceptors (Lipinski definition) is 5. The van der Waals surface area contributed by atoms with Crippen molar-refractivity contribution in [1.29, 1.82) is 0 Å². The third kappa shape index (κ3) is 3.34. The highest BCUT2D eigenvalue weighted by molar-refractivity contribution is 5.90. The minimum atomic E-state index is -0.0776. The van der Waals surface area contributed by atoms with E-state index in [1.165, 1.54) is 19.2 Å². The molecule has 2 aliphatic rings. The first-order chi connectivity index (χ1) is 9.72. The molecule has 7 heteroatoms. The van der Waals surface area contributed by atoms with Gasteiger partial charge in [-0.2, -0.15) is 5.10 Å². The number of aromatic amines is 1. The molecule has 1 saturated heterocycles. The Morgan fingerprint density at radius 1 is 1.55 bits per heavy atom. The maximum Gasteiger partial charge on any atom is 0.291 e. The van der Waals surface area contributed by atoms with E-state index < -0.39 is 0 Å². The molecule has 1 N–H and O–H groups in total. The summed E-state index contributed by atoms with van der Waals surface area (Å²) in [5.41, 5.74) is 0. The van der Waals surface area contributed by atoms with E-state index in [4.69, 9.17) is 4.74 Å². The summed E-state index contributed by atoms with van der Waals surface area (Å²) in [5.74, 6) is 0.879. The van der Waals surface area contributed by atoms with Gasteiger partial charge in [0.05, 0.1) is 12.7 Å². The fourth-order valence-electron chi connectivity index (χ4n) is 2.53. The Hall–Kier alpha value is -1.47. The van der Waals surface area contributed by atoms with Crippen molar-refractivity contribution < 1.29 is 9.53 Å². The van der Waals surface area contributed by atoms with Crippen LogP contribution in [-0.2, 0) is 4.74 Å². The van der Waals surface area contributed by atoms with Crippen molar-refractivity contribution >= 4 is 5.91 Å². The average molecular weight is 279 g/mol. The van der Waals surface area contributed by atoms with Crippen molar-refractivity contribution in [3.63, 3.8) is 0 Å². The summed E-state index contributed by atoms with van der Waals surface area (Å²) in [5, 5.41) is 6.41. The monoisotopic (exact) mass is 279 g/mol. The van der Waals surface area contributed by atoms with E-state index in [1.54, 1.807) is 0 Å². The van der Waals surface area contributed by atoms with Crippen LogP contribution in [-0.4, -0.2) is 76.8 Å². The molecular formula is C13H21N5O2. The zero-order chi connectivity index (χ0) is 13.9. The van der Waals surface area contributed by atoms with Crippen LogP contribution in [0.4, 0.5) is 0 Å². The number of nitrogens with one attached hydrogen (secondary N) is 1. The van der Waals surface area contributed by atoms with Crippen LogP contribution in [0.1, 0.15) is 23.5 Å². The van der Waals surface area contributed by atoms with E-state index in [9.17, 15) is 4.79 Å². The fraction of sp³-hybridized carbons (Fsp3) is 0.769. The first kappa shape index (κ1) is 13.5. The standard InChI is InChI=1S/C13H21N5O2/c1-17-4-5-20-11(7-17)8-18(6-10-2-3-10)13(19)12-14-9-15-16-12/h9-11H,2-8H2,1H3,(H,14,15,16). The Kier molecular flexibility index (Phi) is 3.98. The number of amides is 1. The molecule has 1 aromatic heterocycles. The predicted octanol–water partition coefficient (Wildman–Crippen LogP) is -0.0125. The van der Waals surface area contributed by atoms with E-state index in [0.717, 1.165) is 26.2 Å². The van der Waals surface area contributed by atoms with Crippen molar-refractivity contribution in [1.82, 2.24) is 25.0 Å². The van der Waals surface area contributed by atoms with Gasteiger partial charge in [0.25, 0.3) is 5.91 Å². The van der Waals surface area contributed by atoms with Gasteiger partial charge < -0.3 is 14.5 Å². The molecule has 1 aliphatic heterocycles. The Labute approximate surface area is 118 Å². The summed E-state index contributed by atoms with van der Waals surface area (Å²) in [6, 6.07) is 0. The summed E-state index contributed by atoms with van der Waals surface area (Å²) in [6.45, 7) is 3.97. The van der Waals surface area contributed by atoms with Crippen LogP contribution in [0.25, 0.3) is 0 Å². The van der Waals surface area contributed by atoms with Crippen LogP contribution in [0, 0.1) is 5.92 Å². The van der Waals surface area contributed by atoms with Gasteiger partial charge in [-0.3, -0.25) is 9.89 Å². The van der Waals surface area contributed by atoms with Gasteiger partial charge in [-0.1, -0.05) is 0 Å². The van der Waals surface area contributed by atoms with E-state index >= 15 is 0 Å². The molecule has 1 aliphatic carbocycles. The number of aromatic nitrogens is 3. The summed E-state index contributed by atoms with van der Waals surface area (Å²) in [7, 11) is 2.08. The van der Waals surface area contributed by atoms with Gasteiger partial charge in [0.1, 0.15) is 6.33 Å². The van der Waals surface area contributed by atoms with Crippen LogP contribution < -0.4 is 0 Å². The summed E-state index contributed by atoms with van der Waals surface area (Å²) < 4.78 is 5.77. The molecule has 1 aromatic rings. The molecule has 3 rings (SSSR count). The van der Waals surface area contributed by atoms with Crippen LogP contribution in [0.15, 0.2) is 6.33 Å². The number of nitrogens with zero attached hydrogens (tertiary/aromatic N) is 4. The Morgan fingerprint density at radius 3 is 3.05 bits per heavy atom. The zero-order valence-corrected chi connectivity index (χ0v) is 11.8. The van der Waals surface area contributed by atoms with E-state index in [-0.39, 0.29) is 12.0 Å². The Morgan fingerprint density at radius 2 is 2.40 bits per heavy atom. The zero-order valence-electron chi connectivity index (χ0n) is 11.8. The fourth-order valence-corrected chi connectivity index (χ4v) is 2.53. The SMILES string of the molecule is CN1CCOC(CN(CC2CC2)C(=O)c2ncn[nH]2)C1. The number of H-pyrrole nitrogens is 1. The minimum Gasteiger partial charge on any atom is -0.374 e. The molecule has 1 unspecified atom stereocenters. The quantitative estimate of drug-likeness (QED) is 0.820. The van der Waals surface area contributed by atoms with Crippen molar-refractivity contribution in [3.05, 3.63) is 12.2 Å². The highest BCUT2D eigenvalue weighted by Crippen LogP contribution is 2.30. The highest BCUT2D eigenvalue weighted by Gasteiger charge is 2.31. The molecule has 0 radical (unpaired) electrons. The van der Waals surface area contributed by atoms with E-state index in [0.29, 0.717) is 18.3 Å². The second kappa shape index (κ2) is 5.88. The summed E-state index contributed by atoms with van der Waals surface area (Å²) in [4.78, 5) is 20.5. The predicted molar refractivity (Wildman–Crippen MR) is 72.2 cm³/mol. The van der Waals surface area contributed by atoms with Crippen molar-refractivity contribution in [2.24, 2.45) is 5.92 Å². The Bertz CT molecular complexity index is 446. The van der Waals surface area contributed by atoms with Crippen molar-refractivity contribution in [3.8, 4) is 0 Å². The molecule has 2 fully saturated rings. The van der Waals surface area contributed by atoms with Gasteiger partial charge in [-0.05, 0) is 25.8 Å². The lowest BCUT2D eigenvalue weighted by atomic mass is 10.2. The molecule has 0 spiro atoms. The van der Waals surface area contributed by atoms with Gasteiger partial charge in [0, 0.05) is 26.2 Å². The number of carbonyl (C=O) groups excluding carboxylic acids is 1. The maximum atomic E-state index is 12.4. The van der Waals surface area contributed by atoms with Gasteiger partial charge in [-0.25, -0.2) is 4.98 Å². The first-order valence-corrected chi connectivity index (χ1v) is 7.17. The molecule has 110 valence electrons. The van der Waals surface area contributed by atoms with Gasteiger partial charge in [0.15, 0.2) is 0 Å². The van der Waals surface area contributed by atoms with Crippen molar-refractivity contribution in [2.75, 3.05) is 39.8 Å². The van der Waals surface area contributed by atoms with Crippen LogP contribution >= 0.6 is 0 Å². The largest absolute Gasteiger partial charge is 0.374 e. The molecular weight excluding hydrogens is 258 g/mol. The second-order valence-electron chi connectivity index (χ2n) is 5.74. The summed E-state index contributed by atoms with van der Waals surface area (Å²) >= 11 is 0. The molecule has 1 amide bonds. The van der Waals surface area contributed by atoms with Crippen LogP contribution in [0.5, 0.6) is 0 Å². The lowest BCUT2D eigenvalue weighted by Gasteiger charge is -2.33. The van der Waals surface area contributed by atoms with Gasteiger partial charge in [-0.15, -0.1) is 0 Å². The van der Waals surface area contributed by atoms with Crippen molar-refractivity contribution in [2.45, 2.75) is 18.9 Å². The smallest absolute Gasteiger partial charge is 0.291 e. The number of rotatable bonds is 5. The highest BCUT2D eigenvalue weighted by atomic mass is 16.5. The third-order valence-electron chi connectivity index (χ3n) is 3.85. The van der Waals surface area contributed by atoms with Gasteiger partial charge >= 0.3 is 0 Å². The van der Waals surface area contributed by atoms with Gasteiger partial charge in [0.2, 0.25) is 5.82 Å². The number of likely N-dealkylation sites (N-methyl/N-ethyl adjacent to an activating group) is 1. The van der Waals surface area contributed by atoms with E-state index in [2.05, 4.69) is 27.1 Å². The molecule has 20 heavy (non-hydrogen) atoms. The number of hydrogen-bond donors (Lipinski definition) is 1. The lowest BCUT2D eigenvalue weighted by Crippen LogP contribution is -2.48. The normalized spacial score (nSPS) is 23.8. The molecule has 2 heterocycles. The average Bonchev–Trinajstić information content (AvgIpc) is 3.08. The third-order valence-corrected chi connectivity index (χ3v) is 3.85.